The number of hydrogen-bond donors (Lipinski definition) is 0. The fraction of sp³-hybridized carbons (Fsp3) is 0.0611. The summed E-state index contributed by atoms with van der Waals surface area (Å²) in [7, 11) is 0. The summed E-state index contributed by atoms with van der Waals surface area (Å²) in [5.74, 6) is 0. The van der Waals surface area contributed by atoms with Gasteiger partial charge in [0.15, 0.2) is 0 Å². The average Bonchev–Trinajstić information content (AvgIpc) is 0.844. The number of nitrogens with zero attached hydrogens (tertiary/aromatic N) is 9. The van der Waals surface area contributed by atoms with Crippen LogP contribution in [-0.2, 0) is 91.3 Å². The molecule has 0 saturated heterocycles. The van der Waals surface area contributed by atoms with E-state index in [-0.39, 0.29) is 91.3 Å². The van der Waals surface area contributed by atoms with Crippen LogP contribution >= 0.6 is 0 Å². The molecule has 712 valence electrons. The third kappa shape index (κ3) is 35.8. The Labute approximate surface area is 903 Å². The minimum Gasteiger partial charge on any atom is -0.305 e. The smallest absolute Gasteiger partial charge is 0.305 e. The van der Waals surface area contributed by atoms with Gasteiger partial charge < -0.3 is 44.9 Å². The van der Waals surface area contributed by atoms with E-state index in [0.29, 0.717) is 0 Å². The van der Waals surface area contributed by atoms with Gasteiger partial charge >= 0.3 is 40.2 Å². The maximum atomic E-state index is 4.53. The fourth-order valence-electron chi connectivity index (χ4n) is 14.2. The van der Waals surface area contributed by atoms with Crippen molar-refractivity contribution in [3.63, 3.8) is 0 Å². The molecule has 0 N–H and O–H groups in total. The largest absolute Gasteiger partial charge is 3.00 e. The molecule has 13 aromatic carbocycles. The van der Waals surface area contributed by atoms with Crippen LogP contribution in [-0.4, -0.2) is 44.9 Å². The SMILES string of the molecule is CC(C)(C)c1ccnc(-c2[c-]ccc(-c3ccccc3)c2)c1.CC(C)(C)c1ccnc(-c2[c-]ccc(-c3ccccc3)c2)c1.[Ir+3].[Ir+3].[Ir].[Ir].[c-]1cc(-c2ccccc2)ccc1-c1ccccn1.[c-]1ccc(-c2ccccc2)cc1-c1ccccn1.[c-]1ccccc1-c1ccccn1.[c-]1ccccc1-c1ccccn1.[c-]1ccccc1-c1ccccn1.[c-]1ccccc1-c1ccccn1.[c-]1ccccc1-c1ccccn1. The first-order chi connectivity index (χ1) is 68.8. The van der Waals surface area contributed by atoms with Gasteiger partial charge in [-0.05, 0) is 144 Å². The van der Waals surface area contributed by atoms with Gasteiger partial charge in [0.2, 0.25) is 0 Å². The minimum atomic E-state index is 0. The van der Waals surface area contributed by atoms with Gasteiger partial charge in [-0.25, -0.2) is 0 Å². The van der Waals surface area contributed by atoms with Crippen LogP contribution in [0.2, 0.25) is 0 Å². The molecule has 0 saturated carbocycles. The van der Waals surface area contributed by atoms with Crippen molar-refractivity contribution in [2.24, 2.45) is 0 Å². The summed E-state index contributed by atoms with van der Waals surface area (Å²) in [6, 6.07) is 184. The third-order valence-corrected chi connectivity index (χ3v) is 21.6. The Bertz CT molecular complexity index is 6390. The van der Waals surface area contributed by atoms with Gasteiger partial charge in [-0.15, -0.1) is 315 Å². The van der Waals surface area contributed by atoms with Gasteiger partial charge in [-0.2, -0.15) is 0 Å². The first-order valence-corrected chi connectivity index (χ1v) is 46.2. The van der Waals surface area contributed by atoms with Crippen molar-refractivity contribution in [2.75, 3.05) is 0 Å². The topological polar surface area (TPSA) is 116 Å². The molecule has 0 aliphatic carbocycles. The molecule has 13 heteroatoms. The Balaban J connectivity index is 0.000000167. The molecule has 0 aliphatic heterocycles. The summed E-state index contributed by atoms with van der Waals surface area (Å²) in [6.45, 7) is 13.3. The second-order valence-corrected chi connectivity index (χ2v) is 33.7. The van der Waals surface area contributed by atoms with E-state index in [0.717, 1.165) is 101 Å². The van der Waals surface area contributed by atoms with Crippen LogP contribution in [0.4, 0.5) is 0 Å². The Morgan fingerprint density at radius 2 is 0.361 bits per heavy atom. The zero-order chi connectivity index (χ0) is 96.7. The fourth-order valence-corrected chi connectivity index (χ4v) is 14.2. The van der Waals surface area contributed by atoms with Crippen molar-refractivity contribution in [2.45, 2.75) is 52.4 Å². The Hall–Kier alpha value is -15.2. The predicted molar refractivity (Wildman–Crippen MR) is 576 cm³/mol. The van der Waals surface area contributed by atoms with Crippen LogP contribution in [0, 0.1) is 54.6 Å². The molecule has 0 aliphatic rings. The van der Waals surface area contributed by atoms with E-state index in [2.05, 4.69) is 287 Å². The predicted octanol–water partition coefficient (Wildman–Crippen LogP) is 32.2. The van der Waals surface area contributed by atoms with E-state index in [1.54, 1.807) is 43.4 Å². The maximum absolute atomic E-state index is 4.53. The molecule has 9 heterocycles. The molecule has 0 spiro atoms. The van der Waals surface area contributed by atoms with Crippen LogP contribution in [0.15, 0.2) is 523 Å². The molecule has 144 heavy (non-hydrogen) atoms. The number of rotatable bonds is 13. The molecule has 0 fully saturated rings. The second kappa shape index (κ2) is 60.2. The molecule has 22 aromatic rings. The molecule has 0 amide bonds. The minimum absolute atomic E-state index is 0. The van der Waals surface area contributed by atoms with Crippen LogP contribution in [0.3, 0.4) is 0 Å². The van der Waals surface area contributed by atoms with Crippen molar-refractivity contribution >= 4 is 0 Å². The molecule has 9 nitrogen and oxygen atoms in total. The zero-order valence-electron chi connectivity index (χ0n) is 80.5. The maximum Gasteiger partial charge on any atom is 3.00 e. The van der Waals surface area contributed by atoms with Crippen molar-refractivity contribution < 1.29 is 80.4 Å². The number of pyridine rings is 9. The number of benzene rings is 13. The monoisotopic (exact) mass is 2570 g/mol. The quantitative estimate of drug-likeness (QED) is 0.104. The number of aromatic nitrogens is 9. The van der Waals surface area contributed by atoms with Crippen molar-refractivity contribution in [3.8, 4) is 146 Å². The van der Waals surface area contributed by atoms with E-state index in [9.17, 15) is 0 Å². The molecule has 2 radical (unpaired) electrons. The van der Waals surface area contributed by atoms with Crippen LogP contribution in [0.1, 0.15) is 52.7 Å². The van der Waals surface area contributed by atoms with Gasteiger partial charge in [0.05, 0.1) is 0 Å². The molecular weight excluding hydrogens is 2470 g/mol. The van der Waals surface area contributed by atoms with E-state index in [4.69, 9.17) is 0 Å². The van der Waals surface area contributed by atoms with Crippen molar-refractivity contribution in [1.82, 2.24) is 44.9 Å². The molecule has 9 aromatic heterocycles. The van der Waals surface area contributed by atoms with Crippen LogP contribution < -0.4 is 0 Å². The number of hydrogen-bond acceptors (Lipinski definition) is 9. The molecular formula is C131H104Ir4N9-3. The Morgan fingerprint density at radius 1 is 0.153 bits per heavy atom. The van der Waals surface area contributed by atoms with Gasteiger partial charge in [-0.1, -0.05) is 271 Å². The van der Waals surface area contributed by atoms with Gasteiger partial charge in [0.1, 0.15) is 0 Å². The molecule has 22 rings (SSSR count). The Morgan fingerprint density at radius 3 is 0.576 bits per heavy atom. The Kier molecular flexibility index (Phi) is 46.3. The zero-order valence-corrected chi connectivity index (χ0v) is 90.1. The normalized spacial score (nSPS) is 10.1. The van der Waals surface area contributed by atoms with Crippen molar-refractivity contribution in [1.29, 1.82) is 0 Å². The van der Waals surface area contributed by atoms with E-state index in [1.165, 1.54) is 55.6 Å². The van der Waals surface area contributed by atoms with E-state index >= 15 is 0 Å². The second-order valence-electron chi connectivity index (χ2n) is 33.7. The molecule has 0 bridgehead atoms. The first kappa shape index (κ1) is 111. The summed E-state index contributed by atoms with van der Waals surface area (Å²) in [5.41, 5.74) is 30.4. The molecule has 0 atom stereocenters. The summed E-state index contributed by atoms with van der Waals surface area (Å²) in [4.78, 5) is 38.8. The standard InChI is InChI=1S/2C21H20N.2C17H12N.5C11H8N.4Ir/c2*1-21(2,3)19-12-13-22-20(15-19)18-11-7-10-17(14-18)16-8-5-4-6-9-16;1-2-7-14(8-3-1)15-9-6-10-16(13-15)17-11-4-5-12-18-17;1-2-6-14(7-3-1)15-9-11-16(12-10-15)17-8-4-5-13-18-17;5*1-2-6-10(7-3-1)11-8-4-5-9-12-11;;;;/h2*4-10,12-15H,1-3H3;1-9,11-13H;1-11,13H;5*1-6,8-9H;;;;/q9*-1;;;2*+3. The summed E-state index contributed by atoms with van der Waals surface area (Å²) < 4.78 is 0. The van der Waals surface area contributed by atoms with Gasteiger partial charge in [0.25, 0.3) is 0 Å². The average molecular weight is 2570 g/mol. The summed E-state index contributed by atoms with van der Waals surface area (Å²) in [6.07, 6.45) is 16.3. The van der Waals surface area contributed by atoms with Gasteiger partial charge in [-0.3, -0.25) is 0 Å². The first-order valence-electron chi connectivity index (χ1n) is 46.2. The van der Waals surface area contributed by atoms with Crippen molar-refractivity contribution in [3.05, 3.63) is 589 Å². The van der Waals surface area contributed by atoms with Crippen LogP contribution in [0.25, 0.3) is 146 Å². The summed E-state index contributed by atoms with van der Waals surface area (Å²) in [5, 5.41) is 0. The third-order valence-electron chi connectivity index (χ3n) is 21.6. The van der Waals surface area contributed by atoms with Gasteiger partial charge in [0, 0.05) is 96.0 Å². The molecule has 0 unspecified atom stereocenters. The van der Waals surface area contributed by atoms with Crippen LogP contribution in [0.5, 0.6) is 0 Å². The van der Waals surface area contributed by atoms with E-state index in [1.807, 2.05) is 334 Å². The summed E-state index contributed by atoms with van der Waals surface area (Å²) >= 11 is 0. The van der Waals surface area contributed by atoms with E-state index < -0.39 is 0 Å².